The standard InChI is InChI=1S/C28H32N6O3S/c1-5-30-26(36)23(15-29)28-34(6-2)27(37)24(38-28)16-31-21-11-8-12-22(14-21)32-25(35)18-33(4)17-20-10-7-9-19(3)13-20/h7-14,16,31H,5-6,17-18H2,1-4H3,(H,30,36)(H,32,35). The molecule has 0 spiro atoms. The van der Waals surface area contributed by atoms with Crippen LogP contribution in [0.4, 0.5) is 11.4 Å². The number of anilines is 2. The van der Waals surface area contributed by atoms with Crippen molar-refractivity contribution < 1.29 is 9.59 Å². The van der Waals surface area contributed by atoms with Crippen LogP contribution in [0.5, 0.6) is 0 Å². The average Bonchev–Trinajstić information content (AvgIpc) is 3.18. The number of nitrogens with one attached hydrogen (secondary N) is 3. The molecule has 1 aromatic heterocycles. The van der Waals surface area contributed by atoms with E-state index in [1.807, 2.05) is 49.2 Å². The molecule has 0 aliphatic carbocycles. The number of benzene rings is 2. The zero-order valence-corrected chi connectivity index (χ0v) is 22.8. The van der Waals surface area contributed by atoms with E-state index in [9.17, 15) is 19.6 Å². The fourth-order valence-electron chi connectivity index (χ4n) is 3.90. The lowest BCUT2D eigenvalue weighted by atomic mass is 10.1. The topological polar surface area (TPSA) is 119 Å². The second kappa shape index (κ2) is 13.4. The first-order valence-corrected chi connectivity index (χ1v) is 13.1. The molecule has 3 aromatic rings. The molecule has 2 aromatic carbocycles. The Balaban J connectivity index is 1.74. The summed E-state index contributed by atoms with van der Waals surface area (Å²) in [7, 11) is 1.90. The van der Waals surface area contributed by atoms with Gasteiger partial charge < -0.3 is 16.0 Å². The zero-order valence-electron chi connectivity index (χ0n) is 22.0. The van der Waals surface area contributed by atoms with Crippen LogP contribution in [0.1, 0.15) is 25.0 Å². The average molecular weight is 533 g/mol. The zero-order chi connectivity index (χ0) is 27.7. The Hall–Kier alpha value is -4.20. The first-order chi connectivity index (χ1) is 18.2. The monoisotopic (exact) mass is 532 g/mol. The second-order valence-electron chi connectivity index (χ2n) is 8.75. The third-order valence-electron chi connectivity index (χ3n) is 5.58. The highest BCUT2D eigenvalue weighted by Gasteiger charge is 2.14. The van der Waals surface area contributed by atoms with Crippen LogP contribution in [0.25, 0.3) is 11.8 Å². The van der Waals surface area contributed by atoms with Gasteiger partial charge in [-0.05, 0) is 51.6 Å². The Kier molecular flexibility index (Phi) is 9.99. The van der Waals surface area contributed by atoms with Crippen molar-refractivity contribution in [2.75, 3.05) is 30.8 Å². The number of aromatic nitrogens is 1. The fourth-order valence-corrected chi connectivity index (χ4v) is 4.98. The summed E-state index contributed by atoms with van der Waals surface area (Å²) in [5.74, 6) is -0.647. The molecule has 10 heteroatoms. The van der Waals surface area contributed by atoms with E-state index in [1.54, 1.807) is 38.2 Å². The number of amides is 2. The summed E-state index contributed by atoms with van der Waals surface area (Å²) in [5.41, 5.74) is 3.23. The number of aryl methyl sites for hydroxylation is 1. The fraction of sp³-hybridized carbons (Fsp3) is 0.286. The summed E-state index contributed by atoms with van der Waals surface area (Å²) in [6, 6.07) is 17.3. The second-order valence-corrected chi connectivity index (χ2v) is 9.78. The molecule has 0 unspecified atom stereocenters. The predicted molar refractivity (Wildman–Crippen MR) is 152 cm³/mol. The van der Waals surface area contributed by atoms with Crippen molar-refractivity contribution in [1.82, 2.24) is 14.8 Å². The molecule has 0 aliphatic rings. The molecule has 3 N–H and O–H groups in total. The van der Waals surface area contributed by atoms with Crippen molar-refractivity contribution in [3.63, 3.8) is 0 Å². The van der Waals surface area contributed by atoms with Gasteiger partial charge in [0.25, 0.3) is 11.5 Å². The summed E-state index contributed by atoms with van der Waals surface area (Å²) in [6.45, 7) is 7.18. The maximum atomic E-state index is 12.9. The van der Waals surface area contributed by atoms with E-state index in [0.29, 0.717) is 40.2 Å². The highest BCUT2D eigenvalue weighted by Crippen LogP contribution is 2.15. The van der Waals surface area contributed by atoms with Gasteiger partial charge in [0.1, 0.15) is 15.3 Å². The number of likely N-dealkylation sites (N-methyl/N-ethyl adjacent to an activating group) is 1. The van der Waals surface area contributed by atoms with E-state index in [1.165, 1.54) is 10.1 Å². The van der Waals surface area contributed by atoms with Gasteiger partial charge in [-0.3, -0.25) is 23.9 Å². The summed E-state index contributed by atoms with van der Waals surface area (Å²) in [4.78, 5) is 39.7. The third kappa shape index (κ3) is 7.41. The van der Waals surface area contributed by atoms with Crippen LogP contribution in [-0.2, 0) is 22.7 Å². The Morgan fingerprint density at radius 3 is 2.55 bits per heavy atom. The first kappa shape index (κ1) is 28.4. The molecule has 1 heterocycles. The Bertz CT molecular complexity index is 1530. The Morgan fingerprint density at radius 2 is 1.87 bits per heavy atom. The van der Waals surface area contributed by atoms with E-state index in [-0.39, 0.29) is 23.6 Å². The maximum absolute atomic E-state index is 12.9. The normalized spacial score (nSPS) is 12.2. The lowest BCUT2D eigenvalue weighted by molar-refractivity contribution is -0.117. The largest absolute Gasteiger partial charge is 0.360 e. The van der Waals surface area contributed by atoms with Gasteiger partial charge in [-0.15, -0.1) is 11.3 Å². The first-order valence-electron chi connectivity index (χ1n) is 12.3. The minimum absolute atomic E-state index is 0.0903. The molecule has 0 fully saturated rings. The summed E-state index contributed by atoms with van der Waals surface area (Å²) in [5, 5.41) is 18.1. The highest BCUT2D eigenvalue weighted by atomic mass is 32.1. The minimum atomic E-state index is -0.508. The third-order valence-corrected chi connectivity index (χ3v) is 6.71. The summed E-state index contributed by atoms with van der Waals surface area (Å²) in [6.07, 6.45) is 1.55. The highest BCUT2D eigenvalue weighted by molar-refractivity contribution is 7.07. The number of thiazole rings is 1. The number of carbonyl (C=O) groups excluding carboxylic acids is 2. The van der Waals surface area contributed by atoms with Crippen molar-refractivity contribution >= 4 is 46.3 Å². The maximum Gasteiger partial charge on any atom is 0.270 e. The molecule has 0 radical (unpaired) electrons. The van der Waals surface area contributed by atoms with E-state index in [0.717, 1.165) is 16.9 Å². The number of hydrogen-bond acceptors (Lipinski definition) is 7. The van der Waals surface area contributed by atoms with Gasteiger partial charge in [0, 0.05) is 37.2 Å². The molecule has 198 valence electrons. The van der Waals surface area contributed by atoms with Gasteiger partial charge >= 0.3 is 0 Å². The molecular weight excluding hydrogens is 500 g/mol. The van der Waals surface area contributed by atoms with E-state index in [4.69, 9.17) is 0 Å². The van der Waals surface area contributed by atoms with Crippen molar-refractivity contribution in [1.29, 1.82) is 5.26 Å². The van der Waals surface area contributed by atoms with E-state index < -0.39 is 5.91 Å². The van der Waals surface area contributed by atoms with Crippen LogP contribution in [0.2, 0.25) is 0 Å². The molecular formula is C28H32N6O3S. The van der Waals surface area contributed by atoms with Gasteiger partial charge in [-0.25, -0.2) is 0 Å². The number of carbonyl (C=O) groups is 2. The van der Waals surface area contributed by atoms with Crippen LogP contribution < -0.4 is 30.7 Å². The van der Waals surface area contributed by atoms with Crippen molar-refractivity contribution in [3.8, 4) is 6.07 Å². The summed E-state index contributed by atoms with van der Waals surface area (Å²) < 4.78 is 2.08. The number of nitrogens with zero attached hydrogens (tertiary/aromatic N) is 3. The van der Waals surface area contributed by atoms with Crippen molar-refractivity contribution in [3.05, 3.63) is 79.2 Å². The van der Waals surface area contributed by atoms with E-state index in [2.05, 4.69) is 22.0 Å². The lowest BCUT2D eigenvalue weighted by Gasteiger charge is -2.17. The minimum Gasteiger partial charge on any atom is -0.360 e. The van der Waals surface area contributed by atoms with Gasteiger partial charge in [-0.2, -0.15) is 5.26 Å². The lowest BCUT2D eigenvalue weighted by Crippen LogP contribution is -2.34. The van der Waals surface area contributed by atoms with Crippen molar-refractivity contribution in [2.24, 2.45) is 0 Å². The molecule has 0 saturated heterocycles. The number of nitriles is 1. The molecule has 9 nitrogen and oxygen atoms in total. The molecule has 2 amide bonds. The van der Waals surface area contributed by atoms with Crippen LogP contribution in [0.15, 0.2) is 53.3 Å². The number of hydrogen-bond donors (Lipinski definition) is 3. The Labute approximate surface area is 225 Å². The van der Waals surface area contributed by atoms with Gasteiger partial charge in [0.15, 0.2) is 5.57 Å². The SMILES string of the molecule is CCNC(=O)C(C#N)=c1sc(=CNc2cccc(NC(=O)CN(C)Cc3cccc(C)c3)c2)c(=O)n1CC. The van der Waals surface area contributed by atoms with Gasteiger partial charge in [-0.1, -0.05) is 35.9 Å². The number of rotatable bonds is 10. The van der Waals surface area contributed by atoms with E-state index >= 15 is 0 Å². The van der Waals surface area contributed by atoms with Gasteiger partial charge in [0.05, 0.1) is 6.54 Å². The summed E-state index contributed by atoms with van der Waals surface area (Å²) >= 11 is 1.08. The van der Waals surface area contributed by atoms with Gasteiger partial charge in [0.2, 0.25) is 5.91 Å². The van der Waals surface area contributed by atoms with Crippen LogP contribution in [0, 0.1) is 18.3 Å². The molecule has 0 saturated carbocycles. The predicted octanol–water partition coefficient (Wildman–Crippen LogP) is 1.97. The van der Waals surface area contributed by atoms with Crippen LogP contribution >= 0.6 is 11.3 Å². The molecule has 0 aliphatic heterocycles. The molecule has 0 atom stereocenters. The molecule has 0 bridgehead atoms. The molecule has 3 rings (SSSR count). The van der Waals surface area contributed by atoms with Crippen molar-refractivity contribution in [2.45, 2.75) is 33.9 Å². The Morgan fingerprint density at radius 1 is 1.13 bits per heavy atom. The quantitative estimate of drug-likeness (QED) is 0.367. The van der Waals surface area contributed by atoms with Crippen LogP contribution in [0.3, 0.4) is 0 Å². The van der Waals surface area contributed by atoms with Crippen LogP contribution in [-0.4, -0.2) is 41.4 Å². The smallest absolute Gasteiger partial charge is 0.270 e. The molecule has 38 heavy (non-hydrogen) atoms.